The second kappa shape index (κ2) is 5.25. The van der Waals surface area contributed by atoms with Crippen LogP contribution in [0.15, 0.2) is 41.3 Å². The van der Waals surface area contributed by atoms with Gasteiger partial charge in [0, 0.05) is 11.8 Å². The highest BCUT2D eigenvalue weighted by molar-refractivity contribution is 7.90. The summed E-state index contributed by atoms with van der Waals surface area (Å²) in [6.07, 6.45) is 0.951. The molecule has 21 heavy (non-hydrogen) atoms. The number of carbonyl (C=O) groups is 1. The van der Waals surface area contributed by atoms with Crippen molar-refractivity contribution in [3.63, 3.8) is 0 Å². The molecule has 0 fully saturated rings. The van der Waals surface area contributed by atoms with Gasteiger partial charge in [0.25, 0.3) is 0 Å². The van der Waals surface area contributed by atoms with Gasteiger partial charge in [-0.3, -0.25) is 0 Å². The minimum atomic E-state index is -3.66. The summed E-state index contributed by atoms with van der Waals surface area (Å²) in [5.41, 5.74) is -0.0594. The molecular formula is C14H10F2O4S. The molecule has 1 N–H and O–H groups in total. The number of hydrogen-bond donors (Lipinski definition) is 1. The maximum absolute atomic E-state index is 13.3. The van der Waals surface area contributed by atoms with E-state index in [0.717, 1.165) is 36.6 Å². The molecule has 0 saturated heterocycles. The summed E-state index contributed by atoms with van der Waals surface area (Å²) in [7, 11) is -3.66. The van der Waals surface area contributed by atoms with Crippen LogP contribution in [-0.4, -0.2) is 25.7 Å². The first kappa shape index (κ1) is 15.1. The lowest BCUT2D eigenvalue weighted by molar-refractivity contribution is 0.0697. The fourth-order valence-electron chi connectivity index (χ4n) is 1.88. The fourth-order valence-corrected chi connectivity index (χ4v) is 2.77. The molecule has 2 aromatic rings. The Bertz CT molecular complexity index is 829. The predicted molar refractivity (Wildman–Crippen MR) is 71.9 cm³/mol. The van der Waals surface area contributed by atoms with Crippen LogP contribution in [0.5, 0.6) is 0 Å². The van der Waals surface area contributed by atoms with Gasteiger partial charge in [0.1, 0.15) is 0 Å². The van der Waals surface area contributed by atoms with E-state index < -0.39 is 27.4 Å². The van der Waals surface area contributed by atoms with Crippen molar-refractivity contribution < 1.29 is 27.1 Å². The summed E-state index contributed by atoms with van der Waals surface area (Å²) in [6.45, 7) is 0. The molecule has 110 valence electrons. The number of hydrogen-bond acceptors (Lipinski definition) is 3. The van der Waals surface area contributed by atoms with Crippen LogP contribution in [-0.2, 0) is 9.84 Å². The normalized spacial score (nSPS) is 11.4. The first-order valence-corrected chi connectivity index (χ1v) is 7.62. The van der Waals surface area contributed by atoms with Crippen LogP contribution in [0.1, 0.15) is 10.4 Å². The molecule has 0 radical (unpaired) electrons. The first-order chi connectivity index (χ1) is 9.70. The molecular weight excluding hydrogens is 302 g/mol. The fraction of sp³-hybridized carbons (Fsp3) is 0.0714. The van der Waals surface area contributed by atoms with Crippen molar-refractivity contribution in [2.24, 2.45) is 0 Å². The van der Waals surface area contributed by atoms with Crippen molar-refractivity contribution in [2.75, 3.05) is 6.26 Å². The monoisotopic (exact) mass is 312 g/mol. The van der Waals surface area contributed by atoms with E-state index in [9.17, 15) is 22.0 Å². The molecule has 2 rings (SSSR count). The van der Waals surface area contributed by atoms with E-state index in [1.54, 1.807) is 0 Å². The van der Waals surface area contributed by atoms with Crippen molar-refractivity contribution in [1.82, 2.24) is 0 Å². The summed E-state index contributed by atoms with van der Waals surface area (Å²) < 4.78 is 49.8. The Kier molecular flexibility index (Phi) is 3.78. The number of benzene rings is 2. The Labute approximate surface area is 119 Å². The molecule has 0 aliphatic carbocycles. The minimum absolute atomic E-state index is 0.0105. The lowest BCUT2D eigenvalue weighted by Gasteiger charge is -2.10. The second-order valence-corrected chi connectivity index (χ2v) is 6.40. The van der Waals surface area contributed by atoms with Gasteiger partial charge in [-0.15, -0.1) is 0 Å². The zero-order valence-electron chi connectivity index (χ0n) is 10.8. The van der Waals surface area contributed by atoms with E-state index in [0.29, 0.717) is 0 Å². The molecule has 0 bridgehead atoms. The largest absolute Gasteiger partial charge is 0.478 e. The number of halogens is 2. The van der Waals surface area contributed by atoms with Crippen LogP contribution in [0.25, 0.3) is 11.1 Å². The molecule has 0 unspecified atom stereocenters. The smallest absolute Gasteiger partial charge is 0.335 e. The summed E-state index contributed by atoms with van der Waals surface area (Å²) in [5, 5.41) is 8.97. The molecule has 7 heteroatoms. The number of carboxylic acids is 1. The third-order valence-corrected chi connectivity index (χ3v) is 4.01. The van der Waals surface area contributed by atoms with E-state index in [-0.39, 0.29) is 21.6 Å². The van der Waals surface area contributed by atoms with Gasteiger partial charge in [0.15, 0.2) is 21.5 Å². The number of rotatable bonds is 3. The zero-order valence-corrected chi connectivity index (χ0v) is 11.6. The van der Waals surface area contributed by atoms with Crippen LogP contribution >= 0.6 is 0 Å². The Hall–Kier alpha value is -2.28. The van der Waals surface area contributed by atoms with Gasteiger partial charge in [0.2, 0.25) is 0 Å². The number of aromatic carboxylic acids is 1. The van der Waals surface area contributed by atoms with Gasteiger partial charge in [-0.1, -0.05) is 6.07 Å². The van der Waals surface area contributed by atoms with E-state index >= 15 is 0 Å². The van der Waals surface area contributed by atoms with E-state index in [1.807, 2.05) is 0 Å². The highest BCUT2D eigenvalue weighted by atomic mass is 32.2. The molecule has 0 heterocycles. The van der Waals surface area contributed by atoms with Gasteiger partial charge in [-0.2, -0.15) is 0 Å². The first-order valence-electron chi connectivity index (χ1n) is 5.73. The van der Waals surface area contributed by atoms with Crippen molar-refractivity contribution in [2.45, 2.75) is 4.90 Å². The van der Waals surface area contributed by atoms with Gasteiger partial charge in [-0.25, -0.2) is 22.0 Å². The van der Waals surface area contributed by atoms with Crippen molar-refractivity contribution in [3.8, 4) is 11.1 Å². The van der Waals surface area contributed by atoms with Crippen LogP contribution in [0.3, 0.4) is 0 Å². The molecule has 2 aromatic carbocycles. The maximum atomic E-state index is 13.3. The number of carboxylic acid groups (broad SMARTS) is 1. The molecule has 4 nitrogen and oxygen atoms in total. The van der Waals surface area contributed by atoms with Crippen molar-refractivity contribution in [3.05, 3.63) is 53.6 Å². The third kappa shape index (κ3) is 3.08. The minimum Gasteiger partial charge on any atom is -0.478 e. The number of sulfone groups is 1. The third-order valence-electron chi connectivity index (χ3n) is 2.86. The lowest BCUT2D eigenvalue weighted by Crippen LogP contribution is -2.04. The Morgan fingerprint density at radius 1 is 1.05 bits per heavy atom. The highest BCUT2D eigenvalue weighted by Gasteiger charge is 2.18. The van der Waals surface area contributed by atoms with Gasteiger partial charge < -0.3 is 5.11 Å². The quantitative estimate of drug-likeness (QED) is 0.946. The van der Waals surface area contributed by atoms with E-state index in [1.165, 1.54) is 6.07 Å². The Morgan fingerprint density at radius 2 is 1.71 bits per heavy atom. The van der Waals surface area contributed by atoms with Crippen LogP contribution < -0.4 is 0 Å². The lowest BCUT2D eigenvalue weighted by atomic mass is 10.0. The SMILES string of the molecule is CS(=O)(=O)c1ccc(C(=O)O)cc1-c1ccc(F)c(F)c1. The molecule has 0 aliphatic heterocycles. The molecule has 0 saturated carbocycles. The average molecular weight is 312 g/mol. The zero-order chi connectivity index (χ0) is 15.8. The molecule has 0 atom stereocenters. The van der Waals surface area contributed by atoms with E-state index in [4.69, 9.17) is 5.11 Å². The van der Waals surface area contributed by atoms with Crippen LogP contribution in [0.4, 0.5) is 8.78 Å². The van der Waals surface area contributed by atoms with Crippen LogP contribution in [0, 0.1) is 11.6 Å². The molecule has 0 amide bonds. The second-order valence-electron chi connectivity index (χ2n) is 4.42. The topological polar surface area (TPSA) is 71.4 Å². The Balaban J connectivity index is 2.77. The van der Waals surface area contributed by atoms with Crippen molar-refractivity contribution in [1.29, 1.82) is 0 Å². The molecule has 0 spiro atoms. The van der Waals surface area contributed by atoms with Gasteiger partial charge in [0.05, 0.1) is 10.5 Å². The Morgan fingerprint density at radius 3 is 2.24 bits per heavy atom. The van der Waals surface area contributed by atoms with Crippen LogP contribution in [0.2, 0.25) is 0 Å². The summed E-state index contributed by atoms with van der Waals surface area (Å²) in [5.74, 6) is -3.47. The van der Waals surface area contributed by atoms with E-state index in [2.05, 4.69) is 0 Å². The standard InChI is InChI=1S/C14H10F2O4S/c1-21(19,20)13-5-3-9(14(17)18)6-10(13)8-2-4-11(15)12(16)7-8/h2-7H,1H3,(H,17,18). The van der Waals surface area contributed by atoms with Gasteiger partial charge >= 0.3 is 5.97 Å². The van der Waals surface area contributed by atoms with Crippen molar-refractivity contribution >= 4 is 15.8 Å². The van der Waals surface area contributed by atoms with Gasteiger partial charge in [-0.05, 0) is 35.9 Å². The highest BCUT2D eigenvalue weighted by Crippen LogP contribution is 2.29. The summed E-state index contributed by atoms with van der Waals surface area (Å²) in [6, 6.07) is 6.26. The summed E-state index contributed by atoms with van der Waals surface area (Å²) in [4.78, 5) is 10.8. The maximum Gasteiger partial charge on any atom is 0.335 e. The predicted octanol–water partition coefficient (Wildman–Crippen LogP) is 2.73. The molecule has 0 aliphatic rings. The summed E-state index contributed by atoms with van der Waals surface area (Å²) >= 11 is 0. The average Bonchev–Trinajstić information content (AvgIpc) is 2.40. The molecule has 0 aromatic heterocycles.